The van der Waals surface area contributed by atoms with Crippen molar-refractivity contribution in [1.29, 1.82) is 0 Å². The van der Waals surface area contributed by atoms with Crippen molar-refractivity contribution in [1.82, 2.24) is 15.1 Å². The van der Waals surface area contributed by atoms with Gasteiger partial charge in [-0.2, -0.15) is 5.10 Å². The van der Waals surface area contributed by atoms with Crippen LogP contribution in [0.15, 0.2) is 60.7 Å². The van der Waals surface area contributed by atoms with Gasteiger partial charge in [-0.3, -0.25) is 9.48 Å². The number of anilines is 1. The number of carbonyl (C=O) groups excluding carboxylic acids is 1. The van der Waals surface area contributed by atoms with Crippen LogP contribution in [0.3, 0.4) is 0 Å². The summed E-state index contributed by atoms with van der Waals surface area (Å²) < 4.78 is 6.92. The highest BCUT2D eigenvalue weighted by Crippen LogP contribution is 2.25. The minimum absolute atomic E-state index is 0.103. The lowest BCUT2D eigenvalue weighted by Gasteiger charge is -2.27. The van der Waals surface area contributed by atoms with E-state index >= 15 is 0 Å². The Balaban J connectivity index is 1.44. The lowest BCUT2D eigenvalue weighted by molar-refractivity contribution is 0.0942. The average molecular weight is 390 g/mol. The molecule has 1 N–H and O–H groups in total. The SMILES string of the molecule is COc1cccc(-c2cc(C(=O)NC[C@H]3CCCN3c3ccccc3)n(C)n2)c1. The highest BCUT2D eigenvalue weighted by atomic mass is 16.5. The number of ether oxygens (including phenoxy) is 1. The van der Waals surface area contributed by atoms with Crippen LogP contribution < -0.4 is 15.0 Å². The van der Waals surface area contributed by atoms with Gasteiger partial charge in [0.2, 0.25) is 0 Å². The maximum absolute atomic E-state index is 12.8. The van der Waals surface area contributed by atoms with Gasteiger partial charge in [0, 0.05) is 37.4 Å². The average Bonchev–Trinajstić information content (AvgIpc) is 3.39. The van der Waals surface area contributed by atoms with Gasteiger partial charge in [0.05, 0.1) is 12.8 Å². The summed E-state index contributed by atoms with van der Waals surface area (Å²) in [6, 6.07) is 20.2. The maximum Gasteiger partial charge on any atom is 0.269 e. The van der Waals surface area contributed by atoms with Crippen molar-refractivity contribution in [3.63, 3.8) is 0 Å². The first-order valence-corrected chi connectivity index (χ1v) is 9.94. The first-order chi connectivity index (χ1) is 14.2. The van der Waals surface area contributed by atoms with E-state index in [0.29, 0.717) is 18.3 Å². The van der Waals surface area contributed by atoms with E-state index in [0.717, 1.165) is 36.4 Å². The summed E-state index contributed by atoms with van der Waals surface area (Å²) >= 11 is 0. The fraction of sp³-hybridized carbons (Fsp3) is 0.304. The van der Waals surface area contributed by atoms with Gasteiger partial charge >= 0.3 is 0 Å². The van der Waals surface area contributed by atoms with Gasteiger partial charge in [-0.05, 0) is 43.2 Å². The van der Waals surface area contributed by atoms with Crippen LogP contribution >= 0.6 is 0 Å². The third kappa shape index (κ3) is 4.11. The summed E-state index contributed by atoms with van der Waals surface area (Å²) in [5.74, 6) is 0.662. The minimum Gasteiger partial charge on any atom is -0.497 e. The van der Waals surface area contributed by atoms with Crippen molar-refractivity contribution in [2.45, 2.75) is 18.9 Å². The van der Waals surface area contributed by atoms with E-state index in [-0.39, 0.29) is 5.91 Å². The van der Waals surface area contributed by atoms with Crippen LogP contribution in [0.1, 0.15) is 23.3 Å². The van der Waals surface area contributed by atoms with Crippen molar-refractivity contribution in [3.05, 3.63) is 66.4 Å². The molecule has 0 unspecified atom stereocenters. The summed E-state index contributed by atoms with van der Waals surface area (Å²) in [5.41, 5.74) is 3.44. The second-order valence-corrected chi connectivity index (χ2v) is 7.31. The van der Waals surface area contributed by atoms with Gasteiger partial charge in [0.1, 0.15) is 11.4 Å². The third-order valence-electron chi connectivity index (χ3n) is 5.44. The second-order valence-electron chi connectivity index (χ2n) is 7.31. The predicted octanol–water partition coefficient (Wildman–Crippen LogP) is 3.49. The highest BCUT2D eigenvalue weighted by molar-refractivity contribution is 5.93. The van der Waals surface area contributed by atoms with Gasteiger partial charge in [0.25, 0.3) is 5.91 Å². The van der Waals surface area contributed by atoms with Gasteiger partial charge in [-0.1, -0.05) is 30.3 Å². The number of hydrogen-bond donors (Lipinski definition) is 1. The standard InChI is InChI=1S/C23H26N4O2/c1-26-22(15-21(25-26)17-8-6-12-20(14-17)29-2)23(28)24-16-19-11-7-13-27(19)18-9-4-3-5-10-18/h3-6,8-10,12,14-15,19H,7,11,13,16H2,1-2H3,(H,24,28)/t19-/m1/s1. The van der Waals surface area contributed by atoms with Crippen LogP contribution in [0.2, 0.25) is 0 Å². The van der Waals surface area contributed by atoms with E-state index in [1.54, 1.807) is 18.8 Å². The molecular weight excluding hydrogens is 364 g/mol. The fourth-order valence-corrected chi connectivity index (χ4v) is 3.91. The maximum atomic E-state index is 12.8. The molecule has 0 radical (unpaired) electrons. The van der Waals surface area contributed by atoms with E-state index in [4.69, 9.17) is 4.74 Å². The smallest absolute Gasteiger partial charge is 0.269 e. The topological polar surface area (TPSA) is 59.4 Å². The van der Waals surface area contributed by atoms with Gasteiger partial charge < -0.3 is 15.0 Å². The molecule has 2 heterocycles. The van der Waals surface area contributed by atoms with Crippen LogP contribution in [-0.2, 0) is 7.05 Å². The van der Waals surface area contributed by atoms with Crippen molar-refractivity contribution in [2.75, 3.05) is 25.1 Å². The minimum atomic E-state index is -0.103. The number of aromatic nitrogens is 2. The number of nitrogens with one attached hydrogen (secondary N) is 1. The van der Waals surface area contributed by atoms with E-state index in [2.05, 4.69) is 39.6 Å². The molecule has 0 bridgehead atoms. The van der Waals surface area contributed by atoms with Crippen LogP contribution in [0.25, 0.3) is 11.3 Å². The molecule has 0 aliphatic carbocycles. The molecule has 6 nitrogen and oxygen atoms in total. The van der Waals surface area contributed by atoms with Gasteiger partial charge in [-0.15, -0.1) is 0 Å². The zero-order chi connectivity index (χ0) is 20.2. The van der Waals surface area contributed by atoms with E-state index in [1.165, 1.54) is 5.69 Å². The van der Waals surface area contributed by atoms with Crippen LogP contribution in [0, 0.1) is 0 Å². The monoisotopic (exact) mass is 390 g/mol. The molecule has 1 saturated heterocycles. The Labute approximate surface area is 171 Å². The molecule has 1 aromatic heterocycles. The Bertz CT molecular complexity index is 984. The molecular formula is C23H26N4O2. The number of methoxy groups -OCH3 is 1. The van der Waals surface area contributed by atoms with E-state index < -0.39 is 0 Å². The summed E-state index contributed by atoms with van der Waals surface area (Å²) in [6.45, 7) is 1.64. The van der Waals surface area contributed by atoms with Crippen molar-refractivity contribution < 1.29 is 9.53 Å². The summed E-state index contributed by atoms with van der Waals surface area (Å²) in [4.78, 5) is 15.2. The molecule has 4 rings (SSSR count). The molecule has 6 heteroatoms. The Kier molecular flexibility index (Phi) is 5.51. The molecule has 29 heavy (non-hydrogen) atoms. The largest absolute Gasteiger partial charge is 0.497 e. The first kappa shape index (κ1) is 19.1. The highest BCUT2D eigenvalue weighted by Gasteiger charge is 2.25. The lowest BCUT2D eigenvalue weighted by atomic mass is 10.1. The summed E-state index contributed by atoms with van der Waals surface area (Å²) in [6.07, 6.45) is 2.22. The molecule has 150 valence electrons. The number of benzene rings is 2. The summed E-state index contributed by atoms with van der Waals surface area (Å²) in [5, 5.41) is 7.61. The quantitative estimate of drug-likeness (QED) is 0.700. The number of nitrogens with zero attached hydrogens (tertiary/aromatic N) is 3. The molecule has 2 aromatic carbocycles. The Hall–Kier alpha value is -3.28. The predicted molar refractivity (Wildman–Crippen MR) is 114 cm³/mol. The van der Waals surface area contributed by atoms with Crippen LogP contribution in [0.5, 0.6) is 5.75 Å². The molecule has 1 fully saturated rings. The van der Waals surface area contributed by atoms with E-state index in [9.17, 15) is 4.79 Å². The number of hydrogen-bond acceptors (Lipinski definition) is 4. The van der Waals surface area contributed by atoms with Gasteiger partial charge in [0.15, 0.2) is 0 Å². The number of amides is 1. The van der Waals surface area contributed by atoms with Crippen molar-refractivity contribution in [2.24, 2.45) is 7.05 Å². The zero-order valence-corrected chi connectivity index (χ0v) is 16.8. The zero-order valence-electron chi connectivity index (χ0n) is 16.8. The van der Waals surface area contributed by atoms with Crippen LogP contribution in [0.4, 0.5) is 5.69 Å². The normalized spacial score (nSPS) is 16.1. The van der Waals surface area contributed by atoms with E-state index in [1.807, 2.05) is 36.4 Å². The number of rotatable bonds is 6. The molecule has 0 saturated carbocycles. The molecule has 1 aliphatic heterocycles. The second kappa shape index (κ2) is 8.39. The lowest BCUT2D eigenvalue weighted by Crippen LogP contribution is -2.40. The van der Waals surface area contributed by atoms with Crippen molar-refractivity contribution in [3.8, 4) is 17.0 Å². The Morgan fingerprint density at radius 3 is 2.79 bits per heavy atom. The van der Waals surface area contributed by atoms with Crippen LogP contribution in [-0.4, -0.2) is 41.9 Å². The molecule has 1 aliphatic rings. The fourth-order valence-electron chi connectivity index (χ4n) is 3.91. The Morgan fingerprint density at radius 1 is 1.17 bits per heavy atom. The number of para-hydroxylation sites is 1. The summed E-state index contributed by atoms with van der Waals surface area (Å²) in [7, 11) is 3.43. The molecule has 1 amide bonds. The van der Waals surface area contributed by atoms with Gasteiger partial charge in [-0.25, -0.2) is 0 Å². The molecule has 1 atom stereocenters. The first-order valence-electron chi connectivity index (χ1n) is 9.94. The van der Waals surface area contributed by atoms with Crippen molar-refractivity contribution >= 4 is 11.6 Å². The number of carbonyl (C=O) groups is 1. The molecule has 3 aromatic rings. The molecule has 0 spiro atoms. The third-order valence-corrected chi connectivity index (χ3v) is 5.44. The Morgan fingerprint density at radius 2 is 2.00 bits per heavy atom. The number of aryl methyl sites for hydroxylation is 1.